The Kier molecular flexibility index (Phi) is 5.08. The van der Waals surface area contributed by atoms with Crippen molar-refractivity contribution in [3.8, 4) is 0 Å². The molecule has 0 aromatic heterocycles. The summed E-state index contributed by atoms with van der Waals surface area (Å²) >= 11 is 0. The van der Waals surface area contributed by atoms with Gasteiger partial charge >= 0.3 is 0 Å². The van der Waals surface area contributed by atoms with Gasteiger partial charge in [0.05, 0.1) is 5.57 Å². The highest BCUT2D eigenvalue weighted by Crippen LogP contribution is 2.41. The number of sulfone groups is 1. The minimum Gasteiger partial charge on any atom is -0.478 e. The molecule has 0 saturated heterocycles. The molecule has 0 fully saturated rings. The number of rotatable bonds is 4. The van der Waals surface area contributed by atoms with Crippen LogP contribution in [-0.4, -0.2) is 32.0 Å². The number of halogens is 1. The molecule has 0 atom stereocenters. The third kappa shape index (κ3) is 4.07. The molecule has 1 amide bonds. The zero-order valence-electron chi connectivity index (χ0n) is 16.4. The average Bonchev–Trinajstić information content (AvgIpc) is 2.84. The Morgan fingerprint density at radius 2 is 1.66 bits per heavy atom. The van der Waals surface area contributed by atoms with Crippen molar-refractivity contribution < 1.29 is 27.1 Å². The molecule has 8 heteroatoms. The van der Waals surface area contributed by atoms with Gasteiger partial charge in [-0.3, -0.25) is 9.59 Å². The van der Waals surface area contributed by atoms with Crippen LogP contribution in [0.25, 0.3) is 11.3 Å². The number of anilines is 1. The van der Waals surface area contributed by atoms with Crippen molar-refractivity contribution in [3.05, 3.63) is 59.4 Å². The maximum atomic E-state index is 14.4. The number of carbonyl (C=O) groups is 2. The summed E-state index contributed by atoms with van der Waals surface area (Å²) < 4.78 is 43.6. The van der Waals surface area contributed by atoms with Crippen molar-refractivity contribution in [3.63, 3.8) is 0 Å². The fourth-order valence-corrected chi connectivity index (χ4v) is 3.82. The van der Waals surface area contributed by atoms with Crippen molar-refractivity contribution in [1.29, 1.82) is 0 Å². The first-order valence-corrected chi connectivity index (χ1v) is 10.7. The lowest BCUT2D eigenvalue weighted by molar-refractivity contribution is -0.125. The Hall–Kier alpha value is -3.00. The van der Waals surface area contributed by atoms with Gasteiger partial charge in [0.2, 0.25) is 11.7 Å². The monoisotopic (exact) mass is 417 g/mol. The highest BCUT2D eigenvalue weighted by atomic mass is 32.2. The van der Waals surface area contributed by atoms with Crippen LogP contribution >= 0.6 is 0 Å². The van der Waals surface area contributed by atoms with E-state index in [4.69, 9.17) is 4.74 Å². The van der Waals surface area contributed by atoms with E-state index in [0.29, 0.717) is 11.3 Å². The first-order valence-electron chi connectivity index (χ1n) is 8.76. The summed E-state index contributed by atoms with van der Waals surface area (Å²) in [7, 11) is -3.72. The van der Waals surface area contributed by atoms with Gasteiger partial charge in [0.15, 0.2) is 15.4 Å². The molecule has 29 heavy (non-hydrogen) atoms. The number of amides is 1. The highest BCUT2D eigenvalue weighted by Gasteiger charge is 2.43. The van der Waals surface area contributed by atoms with Crippen molar-refractivity contribution in [2.24, 2.45) is 0 Å². The van der Waals surface area contributed by atoms with E-state index in [0.717, 1.165) is 18.4 Å². The molecular formula is C21H20FNO5S. The molecule has 0 saturated carbocycles. The maximum Gasteiger partial charge on any atom is 0.221 e. The van der Waals surface area contributed by atoms with E-state index in [1.165, 1.54) is 13.0 Å². The predicted molar refractivity (Wildman–Crippen MR) is 107 cm³/mol. The van der Waals surface area contributed by atoms with Gasteiger partial charge in [-0.1, -0.05) is 12.1 Å². The van der Waals surface area contributed by atoms with Crippen LogP contribution < -0.4 is 5.32 Å². The molecule has 0 unspecified atom stereocenters. The molecule has 0 aliphatic carbocycles. The van der Waals surface area contributed by atoms with Crippen molar-refractivity contribution in [1.82, 2.24) is 0 Å². The number of ketones is 1. The Labute approximate surface area is 168 Å². The van der Waals surface area contributed by atoms with Crippen LogP contribution in [-0.2, 0) is 24.2 Å². The molecule has 6 nitrogen and oxygen atoms in total. The van der Waals surface area contributed by atoms with Gasteiger partial charge < -0.3 is 10.1 Å². The predicted octanol–water partition coefficient (Wildman–Crippen LogP) is 3.43. The Bertz CT molecular complexity index is 1150. The number of carbonyl (C=O) groups excluding carboxylic acids is 2. The van der Waals surface area contributed by atoms with Gasteiger partial charge in [0, 0.05) is 24.4 Å². The number of benzene rings is 2. The van der Waals surface area contributed by atoms with E-state index in [1.54, 1.807) is 38.1 Å². The van der Waals surface area contributed by atoms with E-state index in [2.05, 4.69) is 5.32 Å². The SMILES string of the molecule is CC(=O)Nc1ccc(C2=C(c3ccc(S(C)(=O)=O)c(F)c3)OC(C)(C)C2=O)cc1. The molecule has 0 spiro atoms. The minimum absolute atomic E-state index is 0.172. The van der Waals surface area contributed by atoms with E-state index < -0.39 is 26.2 Å². The summed E-state index contributed by atoms with van der Waals surface area (Å²) in [6.07, 6.45) is 0.922. The zero-order chi connectivity index (χ0) is 21.6. The molecule has 152 valence electrons. The normalized spacial score (nSPS) is 16.0. The fraction of sp³-hybridized carbons (Fsp3) is 0.238. The van der Waals surface area contributed by atoms with Crippen LogP contribution in [0.1, 0.15) is 31.9 Å². The van der Waals surface area contributed by atoms with Crippen LogP contribution in [0, 0.1) is 5.82 Å². The summed E-state index contributed by atoms with van der Waals surface area (Å²) in [4.78, 5) is 23.7. The number of ether oxygens (including phenoxy) is 1. The summed E-state index contributed by atoms with van der Waals surface area (Å²) in [5.74, 6) is -1.25. The lowest BCUT2D eigenvalue weighted by Gasteiger charge is -2.18. The lowest BCUT2D eigenvalue weighted by Crippen LogP contribution is -2.29. The van der Waals surface area contributed by atoms with Gasteiger partial charge in [-0.05, 0) is 49.7 Å². The van der Waals surface area contributed by atoms with Gasteiger partial charge in [-0.15, -0.1) is 0 Å². The van der Waals surface area contributed by atoms with E-state index in [9.17, 15) is 22.4 Å². The number of hydrogen-bond donors (Lipinski definition) is 1. The molecule has 3 rings (SSSR count). The summed E-state index contributed by atoms with van der Waals surface area (Å²) in [6, 6.07) is 10.2. The van der Waals surface area contributed by atoms with Gasteiger partial charge in [0.25, 0.3) is 0 Å². The van der Waals surface area contributed by atoms with Gasteiger partial charge in [0.1, 0.15) is 16.5 Å². The molecule has 1 aliphatic heterocycles. The van der Waals surface area contributed by atoms with Crippen LogP contribution in [0.15, 0.2) is 47.4 Å². The summed E-state index contributed by atoms with van der Waals surface area (Å²) in [5.41, 5.74) is 0.466. The van der Waals surface area contributed by atoms with Crippen LogP contribution in [0.3, 0.4) is 0 Å². The van der Waals surface area contributed by atoms with E-state index in [1.807, 2.05) is 0 Å². The maximum absolute atomic E-state index is 14.4. The minimum atomic E-state index is -3.72. The van der Waals surface area contributed by atoms with Crippen molar-refractivity contribution in [2.75, 3.05) is 11.6 Å². The van der Waals surface area contributed by atoms with Crippen LogP contribution in [0.2, 0.25) is 0 Å². The zero-order valence-corrected chi connectivity index (χ0v) is 17.2. The number of hydrogen-bond acceptors (Lipinski definition) is 5. The quantitative estimate of drug-likeness (QED) is 0.823. The average molecular weight is 417 g/mol. The molecule has 1 aliphatic rings. The second-order valence-electron chi connectivity index (χ2n) is 7.32. The Balaban J connectivity index is 2.13. The van der Waals surface area contributed by atoms with Crippen LogP contribution in [0.5, 0.6) is 0 Å². The number of nitrogens with one attached hydrogen (secondary N) is 1. The highest BCUT2D eigenvalue weighted by molar-refractivity contribution is 7.90. The molecule has 2 aromatic rings. The Morgan fingerprint density at radius 1 is 1.07 bits per heavy atom. The van der Waals surface area contributed by atoms with Crippen molar-refractivity contribution in [2.45, 2.75) is 31.3 Å². The van der Waals surface area contributed by atoms with Gasteiger partial charge in [-0.2, -0.15) is 0 Å². The second-order valence-corrected chi connectivity index (χ2v) is 9.31. The number of Topliss-reactive ketones (excluding diaryl/α,β-unsaturated/α-hetero) is 1. The first-order chi connectivity index (χ1) is 13.4. The standard InChI is InChI=1S/C21H20FNO5S/c1-12(24)23-15-8-5-13(6-9-15)18-19(28-21(2,3)20(18)25)14-7-10-17(16(22)11-14)29(4,26)27/h5-11H,1-4H3,(H,23,24). The van der Waals surface area contributed by atoms with Crippen molar-refractivity contribution >= 4 is 38.5 Å². The third-order valence-electron chi connectivity index (χ3n) is 4.45. The Morgan fingerprint density at radius 3 is 2.17 bits per heavy atom. The molecule has 1 heterocycles. The molecule has 2 aromatic carbocycles. The topological polar surface area (TPSA) is 89.5 Å². The lowest BCUT2D eigenvalue weighted by atomic mass is 9.92. The molecular weight excluding hydrogens is 397 g/mol. The first kappa shape index (κ1) is 20.7. The van der Waals surface area contributed by atoms with Crippen LogP contribution in [0.4, 0.5) is 10.1 Å². The largest absolute Gasteiger partial charge is 0.478 e. The summed E-state index contributed by atoms with van der Waals surface area (Å²) in [5, 5.41) is 2.64. The molecule has 0 bridgehead atoms. The smallest absolute Gasteiger partial charge is 0.221 e. The fourth-order valence-electron chi connectivity index (χ4n) is 3.09. The summed E-state index contributed by atoms with van der Waals surface area (Å²) in [6.45, 7) is 4.60. The molecule has 0 radical (unpaired) electrons. The van der Waals surface area contributed by atoms with E-state index in [-0.39, 0.29) is 28.6 Å². The third-order valence-corrected chi connectivity index (χ3v) is 5.58. The van der Waals surface area contributed by atoms with Gasteiger partial charge in [-0.25, -0.2) is 12.8 Å². The van der Waals surface area contributed by atoms with E-state index >= 15 is 0 Å². The molecule has 1 N–H and O–H groups in total. The second kappa shape index (κ2) is 7.11.